The predicted octanol–water partition coefficient (Wildman–Crippen LogP) is 2.91. The molecule has 3 heterocycles. The van der Waals surface area contributed by atoms with E-state index in [9.17, 15) is 4.79 Å². The molecule has 0 spiro atoms. The molecule has 1 fully saturated rings. The smallest absolute Gasteiger partial charge is 0.292 e. The molecule has 8 nitrogen and oxygen atoms in total. The van der Waals surface area contributed by atoms with E-state index in [1.54, 1.807) is 11.0 Å². The third-order valence-corrected chi connectivity index (χ3v) is 4.44. The van der Waals surface area contributed by atoms with Gasteiger partial charge in [0.1, 0.15) is 0 Å². The lowest BCUT2D eigenvalue weighted by Crippen LogP contribution is -2.42. The summed E-state index contributed by atoms with van der Waals surface area (Å²) in [7, 11) is 0. The molecule has 3 rings (SSSR count). The van der Waals surface area contributed by atoms with E-state index in [0.29, 0.717) is 31.5 Å². The average molecular weight is 348 g/mol. The number of rotatable bonds is 5. The Morgan fingerprint density at radius 1 is 1.36 bits per heavy atom. The predicted molar refractivity (Wildman–Crippen MR) is 88.2 cm³/mol. The van der Waals surface area contributed by atoms with Crippen molar-refractivity contribution in [2.45, 2.75) is 52.1 Å². The molecule has 0 aliphatic carbocycles. The standard InChI is InChI=1S/C17H24N4O4/c1-5-11(4)12-8-13(25-20-12)17(22)21-6-7-23-14(9-21)16-19-18-15(24-16)10(2)3/h8,10-11,14H,5-7,9H2,1-4H3. The summed E-state index contributed by atoms with van der Waals surface area (Å²) in [6.07, 6.45) is 0.518. The van der Waals surface area contributed by atoms with Crippen molar-refractivity contribution in [3.8, 4) is 0 Å². The third kappa shape index (κ3) is 3.73. The first kappa shape index (κ1) is 17.6. The molecular weight excluding hydrogens is 324 g/mol. The Balaban J connectivity index is 1.70. The second-order valence-electron chi connectivity index (χ2n) is 6.67. The summed E-state index contributed by atoms with van der Waals surface area (Å²) in [5.41, 5.74) is 0.800. The van der Waals surface area contributed by atoms with E-state index in [4.69, 9.17) is 13.7 Å². The highest BCUT2D eigenvalue weighted by molar-refractivity contribution is 5.91. The molecule has 1 aliphatic rings. The quantitative estimate of drug-likeness (QED) is 0.820. The molecule has 0 aromatic carbocycles. The molecule has 0 saturated carbocycles. The summed E-state index contributed by atoms with van der Waals surface area (Å²) in [5.74, 6) is 1.43. The zero-order chi connectivity index (χ0) is 18.0. The van der Waals surface area contributed by atoms with Gasteiger partial charge < -0.3 is 18.6 Å². The molecular formula is C17H24N4O4. The maximum absolute atomic E-state index is 12.7. The van der Waals surface area contributed by atoms with Gasteiger partial charge in [0.2, 0.25) is 17.5 Å². The van der Waals surface area contributed by atoms with Gasteiger partial charge >= 0.3 is 0 Å². The van der Waals surface area contributed by atoms with Crippen molar-refractivity contribution in [3.05, 3.63) is 29.3 Å². The van der Waals surface area contributed by atoms with Crippen LogP contribution in [0.3, 0.4) is 0 Å². The lowest BCUT2D eigenvalue weighted by molar-refractivity contribution is -0.0360. The van der Waals surface area contributed by atoms with Gasteiger partial charge in [-0.3, -0.25) is 4.79 Å². The van der Waals surface area contributed by atoms with E-state index in [1.807, 2.05) is 13.8 Å². The van der Waals surface area contributed by atoms with Crippen LogP contribution in [0.2, 0.25) is 0 Å². The lowest BCUT2D eigenvalue weighted by atomic mass is 10.1. The molecule has 2 aromatic heterocycles. The fourth-order valence-corrected chi connectivity index (χ4v) is 2.58. The number of carbonyl (C=O) groups excluding carboxylic acids is 1. The molecule has 0 bridgehead atoms. The Hall–Kier alpha value is -2.22. The third-order valence-electron chi connectivity index (χ3n) is 4.44. The zero-order valence-electron chi connectivity index (χ0n) is 15.1. The van der Waals surface area contributed by atoms with Gasteiger partial charge in [-0.05, 0) is 6.42 Å². The topological polar surface area (TPSA) is 94.5 Å². The molecule has 0 radical (unpaired) electrons. The minimum absolute atomic E-state index is 0.149. The Labute approximate surface area is 146 Å². The van der Waals surface area contributed by atoms with Crippen molar-refractivity contribution in [1.82, 2.24) is 20.3 Å². The molecule has 1 aliphatic heterocycles. The summed E-state index contributed by atoms with van der Waals surface area (Å²) in [6, 6.07) is 1.73. The van der Waals surface area contributed by atoms with Crippen LogP contribution >= 0.6 is 0 Å². The second kappa shape index (κ2) is 7.35. The van der Waals surface area contributed by atoms with Gasteiger partial charge in [-0.25, -0.2) is 0 Å². The number of aromatic nitrogens is 3. The molecule has 1 amide bonds. The maximum atomic E-state index is 12.7. The molecule has 25 heavy (non-hydrogen) atoms. The van der Waals surface area contributed by atoms with Crippen LogP contribution in [0, 0.1) is 0 Å². The van der Waals surface area contributed by atoms with Gasteiger partial charge in [0.15, 0.2) is 6.10 Å². The van der Waals surface area contributed by atoms with Crippen molar-refractivity contribution in [2.75, 3.05) is 19.7 Å². The molecule has 2 atom stereocenters. The number of hydrogen-bond donors (Lipinski definition) is 0. The molecule has 2 aromatic rings. The number of morpholine rings is 1. The minimum atomic E-state index is -0.422. The summed E-state index contributed by atoms with van der Waals surface area (Å²) >= 11 is 0. The number of hydrogen-bond acceptors (Lipinski definition) is 7. The fraction of sp³-hybridized carbons (Fsp3) is 0.647. The van der Waals surface area contributed by atoms with Crippen molar-refractivity contribution in [1.29, 1.82) is 0 Å². The summed E-state index contributed by atoms with van der Waals surface area (Å²) < 4.78 is 16.6. The fourth-order valence-electron chi connectivity index (χ4n) is 2.58. The van der Waals surface area contributed by atoms with Gasteiger partial charge in [0, 0.05) is 24.4 Å². The van der Waals surface area contributed by atoms with Crippen LogP contribution in [0.4, 0.5) is 0 Å². The Morgan fingerprint density at radius 2 is 2.16 bits per heavy atom. The maximum Gasteiger partial charge on any atom is 0.292 e. The van der Waals surface area contributed by atoms with Gasteiger partial charge in [0.25, 0.3) is 5.91 Å². The van der Waals surface area contributed by atoms with E-state index in [-0.39, 0.29) is 23.5 Å². The van der Waals surface area contributed by atoms with Gasteiger partial charge in [0.05, 0.1) is 18.8 Å². The monoisotopic (exact) mass is 348 g/mol. The van der Waals surface area contributed by atoms with E-state index in [0.717, 1.165) is 12.1 Å². The normalized spacial score (nSPS) is 19.4. The Morgan fingerprint density at radius 3 is 2.84 bits per heavy atom. The van der Waals surface area contributed by atoms with Crippen LogP contribution in [0.5, 0.6) is 0 Å². The molecule has 136 valence electrons. The van der Waals surface area contributed by atoms with Crippen molar-refractivity contribution < 1.29 is 18.5 Å². The van der Waals surface area contributed by atoms with Crippen LogP contribution in [0.15, 0.2) is 15.0 Å². The zero-order valence-corrected chi connectivity index (χ0v) is 15.1. The van der Waals surface area contributed by atoms with Crippen molar-refractivity contribution in [3.63, 3.8) is 0 Å². The molecule has 0 N–H and O–H groups in total. The number of amides is 1. The van der Waals surface area contributed by atoms with Gasteiger partial charge in [-0.15, -0.1) is 10.2 Å². The molecule has 8 heteroatoms. The number of nitrogens with zero attached hydrogens (tertiary/aromatic N) is 4. The van der Waals surface area contributed by atoms with Gasteiger partial charge in [-0.2, -0.15) is 0 Å². The minimum Gasteiger partial charge on any atom is -0.422 e. The summed E-state index contributed by atoms with van der Waals surface area (Å²) in [5, 5.41) is 12.1. The lowest BCUT2D eigenvalue weighted by Gasteiger charge is -2.30. The van der Waals surface area contributed by atoms with Crippen molar-refractivity contribution >= 4 is 5.91 Å². The first-order valence-electron chi connectivity index (χ1n) is 8.70. The van der Waals surface area contributed by atoms with E-state index >= 15 is 0 Å². The number of carbonyl (C=O) groups is 1. The van der Waals surface area contributed by atoms with Crippen LogP contribution in [0.25, 0.3) is 0 Å². The highest BCUT2D eigenvalue weighted by Gasteiger charge is 2.31. The van der Waals surface area contributed by atoms with Crippen LogP contribution < -0.4 is 0 Å². The second-order valence-corrected chi connectivity index (χ2v) is 6.67. The van der Waals surface area contributed by atoms with E-state index < -0.39 is 6.10 Å². The van der Waals surface area contributed by atoms with Crippen LogP contribution in [-0.2, 0) is 4.74 Å². The first-order valence-corrected chi connectivity index (χ1v) is 8.70. The molecule has 2 unspecified atom stereocenters. The van der Waals surface area contributed by atoms with Crippen LogP contribution in [0.1, 0.15) is 80.1 Å². The first-order chi connectivity index (χ1) is 12.0. The van der Waals surface area contributed by atoms with E-state index in [1.165, 1.54) is 0 Å². The van der Waals surface area contributed by atoms with Gasteiger partial charge in [-0.1, -0.05) is 32.9 Å². The largest absolute Gasteiger partial charge is 0.422 e. The SMILES string of the molecule is CCC(C)c1cc(C(=O)N2CCOC(c3nnc(C(C)C)o3)C2)on1. The highest BCUT2D eigenvalue weighted by Crippen LogP contribution is 2.25. The average Bonchev–Trinajstić information content (AvgIpc) is 3.30. The van der Waals surface area contributed by atoms with Crippen LogP contribution in [-0.4, -0.2) is 45.9 Å². The van der Waals surface area contributed by atoms with Crippen molar-refractivity contribution in [2.24, 2.45) is 0 Å². The highest BCUT2D eigenvalue weighted by atomic mass is 16.5. The molecule has 1 saturated heterocycles. The number of ether oxygens (including phenoxy) is 1. The summed E-state index contributed by atoms with van der Waals surface area (Å²) in [6.45, 7) is 9.32. The Bertz CT molecular complexity index is 724. The van der Waals surface area contributed by atoms with E-state index in [2.05, 4.69) is 29.2 Å². The Kier molecular flexibility index (Phi) is 5.17. The summed E-state index contributed by atoms with van der Waals surface area (Å²) in [4.78, 5) is 14.4.